The van der Waals surface area contributed by atoms with Gasteiger partial charge in [0.05, 0.1) is 25.1 Å². The van der Waals surface area contributed by atoms with Crippen LogP contribution >= 0.6 is 0 Å². The quantitative estimate of drug-likeness (QED) is 0.376. The molecule has 8 nitrogen and oxygen atoms in total. The van der Waals surface area contributed by atoms with Gasteiger partial charge in [0, 0.05) is 23.1 Å². The van der Waals surface area contributed by atoms with Crippen LogP contribution in [0.4, 0.5) is 8.78 Å². The average molecular weight is 515 g/mol. The molecular weight excluding hydrogens is 482 g/mol. The lowest BCUT2D eigenvalue weighted by atomic mass is 9.85. The fourth-order valence-corrected chi connectivity index (χ4v) is 5.75. The third-order valence-electron chi connectivity index (χ3n) is 8.09. The summed E-state index contributed by atoms with van der Waals surface area (Å²) in [5, 5.41) is 36.0. The second-order valence-corrected chi connectivity index (χ2v) is 10.1. The summed E-state index contributed by atoms with van der Waals surface area (Å²) in [5.41, 5.74) is 0.515. The number of amides is 1. The summed E-state index contributed by atoms with van der Waals surface area (Å²) in [6, 6.07) is 9.18. The summed E-state index contributed by atoms with van der Waals surface area (Å²) in [5.74, 6) is -3.03. The molecule has 3 aliphatic rings. The molecule has 10 heteroatoms. The van der Waals surface area contributed by atoms with Gasteiger partial charge in [0.2, 0.25) is 5.91 Å². The van der Waals surface area contributed by atoms with Gasteiger partial charge in [-0.2, -0.15) is 8.78 Å². The van der Waals surface area contributed by atoms with Gasteiger partial charge in [-0.3, -0.25) is 20.4 Å². The third-order valence-corrected chi connectivity index (χ3v) is 8.09. The number of benzene rings is 2. The van der Waals surface area contributed by atoms with Crippen molar-refractivity contribution in [1.29, 1.82) is 5.41 Å². The summed E-state index contributed by atoms with van der Waals surface area (Å²) in [6.07, 6.45) is -1.26. The fourth-order valence-electron chi connectivity index (χ4n) is 5.75. The molecule has 2 heterocycles. The van der Waals surface area contributed by atoms with E-state index < -0.39 is 35.9 Å². The van der Waals surface area contributed by atoms with Crippen molar-refractivity contribution in [2.24, 2.45) is 0 Å². The van der Waals surface area contributed by atoms with Gasteiger partial charge in [0.15, 0.2) is 5.96 Å². The van der Waals surface area contributed by atoms with Crippen LogP contribution in [-0.2, 0) is 10.7 Å². The third kappa shape index (κ3) is 4.17. The number of carbonyl (C=O) groups is 1. The Bertz CT molecular complexity index is 1200. The molecule has 198 valence electrons. The molecule has 1 aliphatic carbocycles. The van der Waals surface area contributed by atoms with Crippen molar-refractivity contribution in [1.82, 2.24) is 15.5 Å². The van der Waals surface area contributed by atoms with E-state index in [1.54, 1.807) is 24.3 Å². The van der Waals surface area contributed by atoms with Crippen LogP contribution < -0.4 is 15.4 Å². The molecule has 1 unspecified atom stereocenters. The lowest BCUT2D eigenvalue weighted by molar-refractivity contribution is -0.133. The van der Waals surface area contributed by atoms with E-state index in [1.165, 1.54) is 23.1 Å². The van der Waals surface area contributed by atoms with Crippen LogP contribution in [0.1, 0.15) is 80.1 Å². The van der Waals surface area contributed by atoms with E-state index in [9.17, 15) is 23.8 Å². The summed E-state index contributed by atoms with van der Waals surface area (Å²) in [6.45, 7) is 4.35. The number of ether oxygens (including phenoxy) is 1. The first-order valence-electron chi connectivity index (χ1n) is 12.7. The van der Waals surface area contributed by atoms with Gasteiger partial charge in [-0.05, 0) is 36.1 Å². The molecule has 0 radical (unpaired) electrons. The number of fused-ring (bicyclic) bond motifs is 2. The molecule has 0 aromatic heterocycles. The van der Waals surface area contributed by atoms with Crippen molar-refractivity contribution in [3.8, 4) is 5.75 Å². The molecule has 0 spiro atoms. The minimum atomic E-state index is -3.45. The lowest BCUT2D eigenvalue weighted by Crippen LogP contribution is -2.62. The number of aliphatic hydroxyl groups is 2. The number of hydrogen-bond acceptors (Lipinski definition) is 6. The van der Waals surface area contributed by atoms with E-state index in [2.05, 4.69) is 10.6 Å². The topological polar surface area (TPSA) is 118 Å². The van der Waals surface area contributed by atoms with Gasteiger partial charge in [-0.1, -0.05) is 44.2 Å². The molecule has 5 N–H and O–H groups in total. The van der Waals surface area contributed by atoms with Gasteiger partial charge < -0.3 is 20.3 Å². The maximum Gasteiger partial charge on any atom is 0.300 e. The second kappa shape index (κ2) is 9.34. The molecule has 0 bridgehead atoms. The summed E-state index contributed by atoms with van der Waals surface area (Å²) >= 11 is 0. The van der Waals surface area contributed by atoms with Crippen molar-refractivity contribution >= 4 is 11.9 Å². The fraction of sp³-hybridized carbons (Fsp3) is 0.481. The van der Waals surface area contributed by atoms with Crippen LogP contribution in [0.2, 0.25) is 0 Å². The van der Waals surface area contributed by atoms with Crippen LogP contribution in [0.25, 0.3) is 0 Å². The molecule has 4 atom stereocenters. The standard InChI is InChI=1S/C27H32F2N4O4/c1-3-26(4-2)14-21(34)33(25(30)32-26)19-11-12-37-20-10-9-15(13-17(19)20)24(36)31-22-16-7-5-6-8-18(16)27(28,29)23(22)35/h5-10,13,19,22-24,31,35-36H,3-4,11-12,14H2,1-2H3,(H2,30,32)/t19-,22+,23-,24?/m1/s1. The lowest BCUT2D eigenvalue weighted by Gasteiger charge is -2.45. The molecule has 37 heavy (non-hydrogen) atoms. The maximum atomic E-state index is 14.6. The molecule has 2 aliphatic heterocycles. The Morgan fingerprint density at radius 2 is 1.95 bits per heavy atom. The number of halogens is 2. The molecular formula is C27H32F2N4O4. The van der Waals surface area contributed by atoms with Crippen molar-refractivity contribution in [3.63, 3.8) is 0 Å². The van der Waals surface area contributed by atoms with E-state index in [0.717, 1.165) is 0 Å². The zero-order chi connectivity index (χ0) is 26.5. The van der Waals surface area contributed by atoms with Crippen molar-refractivity contribution in [3.05, 3.63) is 64.7 Å². The first-order chi connectivity index (χ1) is 17.6. The number of rotatable bonds is 6. The van der Waals surface area contributed by atoms with Crippen molar-refractivity contribution in [2.75, 3.05) is 6.61 Å². The van der Waals surface area contributed by atoms with Crippen molar-refractivity contribution in [2.45, 2.75) is 75.4 Å². The SMILES string of the molecule is CCC1(CC)CC(=O)N([C@@H]2CCOc3ccc(C(O)N[C@H]4c5ccccc5C(F)(F)[C@@H]4O)cc32)C(=N)N1. The molecule has 5 rings (SSSR count). The van der Waals surface area contributed by atoms with E-state index in [0.29, 0.717) is 42.7 Å². The number of nitrogens with one attached hydrogen (secondary N) is 3. The maximum absolute atomic E-state index is 14.6. The van der Waals surface area contributed by atoms with Crippen LogP contribution in [0.3, 0.4) is 0 Å². The molecule has 1 saturated heterocycles. The Morgan fingerprint density at radius 1 is 1.22 bits per heavy atom. The number of nitrogens with zero attached hydrogens (tertiary/aromatic N) is 1. The zero-order valence-corrected chi connectivity index (χ0v) is 20.8. The number of aliphatic hydroxyl groups excluding tert-OH is 2. The smallest absolute Gasteiger partial charge is 0.300 e. The molecule has 0 saturated carbocycles. The summed E-state index contributed by atoms with van der Waals surface area (Å²) in [7, 11) is 0. The molecule has 2 aromatic rings. The highest BCUT2D eigenvalue weighted by molar-refractivity contribution is 5.99. The molecule has 2 aromatic carbocycles. The second-order valence-electron chi connectivity index (χ2n) is 10.1. The van der Waals surface area contributed by atoms with Gasteiger partial charge in [0.1, 0.15) is 18.1 Å². The number of alkyl halides is 2. The zero-order valence-electron chi connectivity index (χ0n) is 20.8. The summed E-state index contributed by atoms with van der Waals surface area (Å²) in [4.78, 5) is 14.7. The minimum Gasteiger partial charge on any atom is -0.493 e. The highest BCUT2D eigenvalue weighted by atomic mass is 19.3. The van der Waals surface area contributed by atoms with E-state index in [-0.39, 0.29) is 29.4 Å². The van der Waals surface area contributed by atoms with Crippen LogP contribution in [0.5, 0.6) is 5.75 Å². The largest absolute Gasteiger partial charge is 0.493 e. The number of carbonyl (C=O) groups excluding carboxylic acids is 1. The van der Waals surface area contributed by atoms with Gasteiger partial charge in [-0.25, -0.2) is 0 Å². The Kier molecular flexibility index (Phi) is 6.45. The predicted molar refractivity (Wildman–Crippen MR) is 132 cm³/mol. The van der Waals surface area contributed by atoms with Gasteiger partial charge in [0.25, 0.3) is 0 Å². The first-order valence-corrected chi connectivity index (χ1v) is 12.7. The molecule has 1 amide bonds. The van der Waals surface area contributed by atoms with E-state index in [1.807, 2.05) is 13.8 Å². The van der Waals surface area contributed by atoms with E-state index >= 15 is 0 Å². The van der Waals surface area contributed by atoms with Crippen molar-refractivity contribution < 1.29 is 28.5 Å². The highest BCUT2D eigenvalue weighted by Gasteiger charge is 2.54. The number of hydrogen-bond donors (Lipinski definition) is 5. The monoisotopic (exact) mass is 514 g/mol. The molecule has 1 fully saturated rings. The minimum absolute atomic E-state index is 0.0368. The Balaban J connectivity index is 1.41. The Labute approximate surface area is 214 Å². The number of guanidine groups is 1. The van der Waals surface area contributed by atoms with Gasteiger partial charge in [-0.15, -0.1) is 0 Å². The summed E-state index contributed by atoms with van der Waals surface area (Å²) < 4.78 is 35.1. The normalized spacial score (nSPS) is 26.6. The van der Waals surface area contributed by atoms with Crippen LogP contribution in [0.15, 0.2) is 42.5 Å². The first kappa shape index (κ1) is 25.6. The Morgan fingerprint density at radius 3 is 2.65 bits per heavy atom. The highest BCUT2D eigenvalue weighted by Crippen LogP contribution is 2.48. The average Bonchev–Trinajstić information content (AvgIpc) is 3.08. The van der Waals surface area contributed by atoms with E-state index in [4.69, 9.17) is 10.1 Å². The van der Waals surface area contributed by atoms with Crippen LogP contribution in [-0.4, -0.2) is 45.2 Å². The van der Waals surface area contributed by atoms with Gasteiger partial charge >= 0.3 is 5.92 Å². The van der Waals surface area contributed by atoms with Crippen LogP contribution in [0, 0.1) is 5.41 Å². The predicted octanol–water partition coefficient (Wildman–Crippen LogP) is 3.61. The Hall–Kier alpha value is -3.08.